The molecule has 3 aromatic rings. The van der Waals surface area contributed by atoms with Crippen LogP contribution < -0.4 is 0 Å². The van der Waals surface area contributed by atoms with Crippen LogP contribution in [0.15, 0.2) is 76.8 Å². The number of hydrogen-bond donors (Lipinski definition) is 0. The Bertz CT molecular complexity index is 813. The number of hydrogen-bond acceptors (Lipinski definition) is 5. The molecule has 0 N–H and O–H groups in total. The highest BCUT2D eigenvalue weighted by Crippen LogP contribution is 2.15. The number of halogens is 1. The van der Waals surface area contributed by atoms with E-state index in [-0.39, 0.29) is 5.76 Å². The van der Waals surface area contributed by atoms with E-state index in [1.807, 2.05) is 0 Å². The second-order valence-electron chi connectivity index (χ2n) is 4.54. The molecule has 0 saturated heterocycles. The third-order valence-corrected chi connectivity index (χ3v) is 3.27. The molecule has 0 saturated carbocycles. The highest BCUT2D eigenvalue weighted by atomic mass is 35.5. The number of carbonyl (C=O) groups is 1. The summed E-state index contributed by atoms with van der Waals surface area (Å²) < 4.78 is 4.98. The van der Waals surface area contributed by atoms with Crippen molar-refractivity contribution in [3.8, 4) is 0 Å². The molecule has 6 heteroatoms. The van der Waals surface area contributed by atoms with Crippen LogP contribution in [0, 0.1) is 0 Å². The molecule has 0 bridgehead atoms. The Hall–Kier alpha value is -2.92. The van der Waals surface area contributed by atoms with Crippen molar-refractivity contribution in [3.63, 3.8) is 0 Å². The van der Waals surface area contributed by atoms with Crippen LogP contribution >= 0.6 is 11.6 Å². The van der Waals surface area contributed by atoms with Gasteiger partial charge in [-0.1, -0.05) is 28.9 Å². The molecule has 0 amide bonds. The van der Waals surface area contributed by atoms with Crippen LogP contribution in [0.5, 0.6) is 0 Å². The van der Waals surface area contributed by atoms with E-state index in [9.17, 15) is 4.79 Å². The molecule has 0 unspecified atom stereocenters. The zero-order valence-corrected chi connectivity index (χ0v) is 12.6. The van der Waals surface area contributed by atoms with Crippen molar-refractivity contribution in [3.05, 3.63) is 89.1 Å². The molecule has 3 rings (SSSR count). The molecule has 0 radical (unpaired) electrons. The highest BCUT2D eigenvalue weighted by Gasteiger charge is 2.13. The zero-order chi connectivity index (χ0) is 16.1. The summed E-state index contributed by atoms with van der Waals surface area (Å²) in [4.78, 5) is 20.8. The summed E-state index contributed by atoms with van der Waals surface area (Å²) in [5.74, 6) is -0.588. The van der Waals surface area contributed by atoms with Crippen molar-refractivity contribution in [2.24, 2.45) is 5.16 Å². The number of oxime groups is 1. The lowest BCUT2D eigenvalue weighted by atomic mass is 10.0. The summed E-state index contributed by atoms with van der Waals surface area (Å²) in [5, 5.41) is 4.59. The Kier molecular flexibility index (Phi) is 4.49. The molecule has 0 aliphatic heterocycles. The summed E-state index contributed by atoms with van der Waals surface area (Å²) in [6.07, 6.45) is 4.66. The first-order valence-electron chi connectivity index (χ1n) is 6.73. The van der Waals surface area contributed by atoms with Crippen LogP contribution in [-0.4, -0.2) is 16.7 Å². The minimum absolute atomic E-state index is 0.0823. The van der Waals surface area contributed by atoms with Crippen LogP contribution in [0.3, 0.4) is 0 Å². The van der Waals surface area contributed by atoms with Crippen molar-refractivity contribution in [2.45, 2.75) is 0 Å². The van der Waals surface area contributed by atoms with E-state index in [4.69, 9.17) is 20.9 Å². The molecule has 2 heterocycles. The van der Waals surface area contributed by atoms with E-state index in [0.29, 0.717) is 10.7 Å². The van der Waals surface area contributed by atoms with Gasteiger partial charge in [0.05, 0.1) is 6.26 Å². The van der Waals surface area contributed by atoms with Gasteiger partial charge in [0.2, 0.25) is 5.76 Å². The first kappa shape index (κ1) is 15.0. The standard InChI is InChI=1S/C17H11ClN2O3/c18-14-5-3-12(4-6-14)16(13-7-9-19-10-8-13)20-23-17(21)15-2-1-11-22-15/h1-11H/b20-16-. The van der Waals surface area contributed by atoms with Crippen molar-refractivity contribution in [1.82, 2.24) is 4.98 Å². The minimum Gasteiger partial charge on any atom is -0.457 e. The van der Waals surface area contributed by atoms with Gasteiger partial charge in [0, 0.05) is 28.5 Å². The average molecular weight is 327 g/mol. The van der Waals surface area contributed by atoms with Crippen LogP contribution in [-0.2, 0) is 4.84 Å². The Morgan fingerprint density at radius 2 is 1.74 bits per heavy atom. The first-order valence-corrected chi connectivity index (χ1v) is 7.11. The van der Waals surface area contributed by atoms with Crippen molar-refractivity contribution in [2.75, 3.05) is 0 Å². The molecular formula is C17H11ClN2O3. The van der Waals surface area contributed by atoms with Gasteiger partial charge in [0.1, 0.15) is 5.71 Å². The number of pyridine rings is 1. The van der Waals surface area contributed by atoms with Crippen LogP contribution in [0.1, 0.15) is 21.7 Å². The SMILES string of the molecule is O=C(O/N=C(\c1ccncc1)c1ccc(Cl)cc1)c1ccco1. The Morgan fingerprint density at radius 3 is 2.39 bits per heavy atom. The topological polar surface area (TPSA) is 64.7 Å². The van der Waals surface area contributed by atoms with Crippen molar-refractivity contribution >= 4 is 23.3 Å². The summed E-state index contributed by atoms with van der Waals surface area (Å²) in [6, 6.07) is 13.7. The van der Waals surface area contributed by atoms with Gasteiger partial charge in [-0.05, 0) is 36.4 Å². The normalized spacial score (nSPS) is 11.3. The van der Waals surface area contributed by atoms with E-state index in [1.165, 1.54) is 12.3 Å². The summed E-state index contributed by atoms with van der Waals surface area (Å²) >= 11 is 5.91. The lowest BCUT2D eigenvalue weighted by Crippen LogP contribution is -2.07. The monoisotopic (exact) mass is 326 g/mol. The predicted molar refractivity (Wildman–Crippen MR) is 85.5 cm³/mol. The molecule has 0 spiro atoms. The average Bonchev–Trinajstić information content (AvgIpc) is 3.12. The maximum atomic E-state index is 11.9. The molecule has 0 atom stereocenters. The van der Waals surface area contributed by atoms with Crippen LogP contribution in [0.25, 0.3) is 0 Å². The van der Waals surface area contributed by atoms with Crippen molar-refractivity contribution in [1.29, 1.82) is 0 Å². The van der Waals surface area contributed by atoms with Crippen LogP contribution in [0.4, 0.5) is 0 Å². The van der Waals surface area contributed by atoms with E-state index in [0.717, 1.165) is 11.1 Å². The number of carbonyl (C=O) groups excluding carboxylic acids is 1. The fourth-order valence-electron chi connectivity index (χ4n) is 1.92. The molecular weight excluding hydrogens is 316 g/mol. The molecule has 0 aliphatic carbocycles. The number of benzene rings is 1. The van der Waals surface area contributed by atoms with E-state index in [1.54, 1.807) is 54.9 Å². The maximum Gasteiger partial charge on any atom is 0.400 e. The summed E-state index contributed by atoms with van der Waals surface area (Å²) in [5.41, 5.74) is 2.01. The third-order valence-electron chi connectivity index (χ3n) is 3.01. The second-order valence-corrected chi connectivity index (χ2v) is 4.98. The van der Waals surface area contributed by atoms with Crippen LogP contribution in [0.2, 0.25) is 5.02 Å². The Balaban J connectivity index is 1.93. The second kappa shape index (κ2) is 6.89. The van der Waals surface area contributed by atoms with E-state index in [2.05, 4.69) is 10.1 Å². The van der Waals surface area contributed by atoms with Gasteiger partial charge in [-0.15, -0.1) is 0 Å². The number of furan rings is 1. The molecule has 23 heavy (non-hydrogen) atoms. The fraction of sp³-hybridized carbons (Fsp3) is 0. The molecule has 5 nitrogen and oxygen atoms in total. The zero-order valence-electron chi connectivity index (χ0n) is 11.8. The molecule has 0 aliphatic rings. The van der Waals surface area contributed by atoms with Gasteiger partial charge in [-0.25, -0.2) is 4.79 Å². The predicted octanol–water partition coefficient (Wildman–Crippen LogP) is 3.94. The summed E-state index contributed by atoms with van der Waals surface area (Å²) in [7, 11) is 0. The third kappa shape index (κ3) is 3.64. The molecule has 0 fully saturated rings. The van der Waals surface area contributed by atoms with Gasteiger partial charge >= 0.3 is 5.97 Å². The molecule has 2 aromatic heterocycles. The Labute approximate surface area is 137 Å². The number of rotatable bonds is 4. The van der Waals surface area contributed by atoms with Gasteiger partial charge in [0.25, 0.3) is 0 Å². The van der Waals surface area contributed by atoms with Gasteiger partial charge in [0.15, 0.2) is 0 Å². The minimum atomic E-state index is -0.671. The highest BCUT2D eigenvalue weighted by molar-refractivity contribution is 6.30. The maximum absolute atomic E-state index is 11.9. The number of nitrogens with zero attached hydrogens (tertiary/aromatic N) is 2. The molecule has 114 valence electrons. The first-order chi connectivity index (χ1) is 11.2. The lowest BCUT2D eigenvalue weighted by Gasteiger charge is -2.06. The Morgan fingerprint density at radius 1 is 1.04 bits per heavy atom. The lowest BCUT2D eigenvalue weighted by molar-refractivity contribution is 0.0480. The van der Waals surface area contributed by atoms with Gasteiger partial charge < -0.3 is 9.25 Å². The molecule has 1 aromatic carbocycles. The summed E-state index contributed by atoms with van der Waals surface area (Å²) in [6.45, 7) is 0. The van der Waals surface area contributed by atoms with Crippen molar-refractivity contribution < 1.29 is 14.0 Å². The van der Waals surface area contributed by atoms with Gasteiger partial charge in [-0.2, -0.15) is 0 Å². The van der Waals surface area contributed by atoms with E-state index < -0.39 is 5.97 Å². The van der Waals surface area contributed by atoms with E-state index >= 15 is 0 Å². The van der Waals surface area contributed by atoms with Gasteiger partial charge in [-0.3, -0.25) is 4.98 Å². The fourth-order valence-corrected chi connectivity index (χ4v) is 2.04. The smallest absolute Gasteiger partial charge is 0.400 e. The quantitative estimate of drug-likeness (QED) is 0.414. The number of aromatic nitrogens is 1. The largest absolute Gasteiger partial charge is 0.457 e.